The Bertz CT molecular complexity index is 1630. The number of benzene rings is 2. The number of sulfonamides is 1. The number of ether oxygens (including phenoxy) is 1. The van der Waals surface area contributed by atoms with E-state index in [1.807, 2.05) is 35.3 Å². The van der Waals surface area contributed by atoms with Gasteiger partial charge in [-0.1, -0.05) is 17.4 Å². The van der Waals surface area contributed by atoms with E-state index in [2.05, 4.69) is 14.8 Å². The van der Waals surface area contributed by atoms with Gasteiger partial charge in [-0.3, -0.25) is 0 Å². The second-order valence-electron chi connectivity index (χ2n) is 8.00. The maximum Gasteiger partial charge on any atom is 0.391 e. The van der Waals surface area contributed by atoms with Crippen molar-refractivity contribution in [2.75, 3.05) is 12.9 Å². The van der Waals surface area contributed by atoms with Gasteiger partial charge < -0.3 is 14.2 Å². The maximum atomic E-state index is 13.7. The minimum absolute atomic E-state index is 0.275. The standard InChI is InChI=1S/C24H21FN5O6PS2/c25-22-15-21(10-7-19(22)16-26)36-37(31,32)17-27-39(33,34)24-29-28-23(38-24)18-5-8-20(9-6-18)35-14-4-13-30-11-2-1-3-12-30/h1-3,5-12,15,27H,4,13-14,17H2/p+1. The van der Waals surface area contributed by atoms with Gasteiger partial charge in [0.1, 0.15) is 34.7 Å². The van der Waals surface area contributed by atoms with Gasteiger partial charge in [0.2, 0.25) is 4.34 Å². The summed E-state index contributed by atoms with van der Waals surface area (Å²) in [6.45, 7) is 1.34. The topological polar surface area (TPSA) is 155 Å². The number of aryl methyl sites for hydroxylation is 1. The zero-order valence-electron chi connectivity index (χ0n) is 20.2. The summed E-state index contributed by atoms with van der Waals surface area (Å²) < 4.78 is 65.5. The van der Waals surface area contributed by atoms with E-state index in [-0.39, 0.29) is 11.3 Å². The molecule has 1 unspecified atom stereocenters. The van der Waals surface area contributed by atoms with E-state index in [1.165, 1.54) is 0 Å². The molecule has 0 aliphatic carbocycles. The average molecular weight is 591 g/mol. The van der Waals surface area contributed by atoms with Gasteiger partial charge in [-0.25, -0.2) is 21.9 Å². The molecule has 2 aromatic carbocycles. The molecule has 0 aliphatic heterocycles. The van der Waals surface area contributed by atoms with Crippen molar-refractivity contribution in [3.8, 4) is 28.1 Å². The largest absolute Gasteiger partial charge is 0.493 e. The maximum absolute atomic E-state index is 13.7. The lowest BCUT2D eigenvalue weighted by molar-refractivity contribution is -0.697. The van der Waals surface area contributed by atoms with Crippen LogP contribution in [0.3, 0.4) is 0 Å². The Hall–Kier alpha value is -3.73. The Morgan fingerprint density at radius 2 is 1.82 bits per heavy atom. The molecule has 0 bridgehead atoms. The van der Waals surface area contributed by atoms with Crippen LogP contribution in [0.4, 0.5) is 4.39 Å². The quantitative estimate of drug-likeness (QED) is 0.143. The number of nitriles is 1. The highest BCUT2D eigenvalue weighted by atomic mass is 32.2. The van der Waals surface area contributed by atoms with Gasteiger partial charge in [-0.2, -0.15) is 9.98 Å². The van der Waals surface area contributed by atoms with Crippen molar-refractivity contribution >= 4 is 29.0 Å². The Morgan fingerprint density at radius 1 is 1.10 bits per heavy atom. The smallest absolute Gasteiger partial charge is 0.391 e. The van der Waals surface area contributed by atoms with Crippen LogP contribution in [-0.4, -0.2) is 36.4 Å². The summed E-state index contributed by atoms with van der Waals surface area (Å²) in [5, 5.41) is 16.7. The van der Waals surface area contributed by atoms with Crippen LogP contribution in [0.25, 0.3) is 10.6 Å². The highest BCUT2D eigenvalue weighted by Gasteiger charge is 2.28. The third-order valence-corrected chi connectivity index (χ3v) is 9.12. The third-order valence-electron chi connectivity index (χ3n) is 5.11. The van der Waals surface area contributed by atoms with E-state index in [0.717, 1.165) is 42.5 Å². The molecule has 2 heterocycles. The van der Waals surface area contributed by atoms with Crippen molar-refractivity contribution in [1.82, 2.24) is 14.9 Å². The molecule has 0 amide bonds. The molecular formula is C24H22FN5O6PS2+. The summed E-state index contributed by atoms with van der Waals surface area (Å²) in [6.07, 6.45) is 3.78. The first-order valence-electron chi connectivity index (χ1n) is 11.4. The van der Waals surface area contributed by atoms with Crippen LogP contribution in [0.5, 0.6) is 11.5 Å². The van der Waals surface area contributed by atoms with Crippen LogP contribution in [0.15, 0.2) is 77.4 Å². The number of nitrogens with one attached hydrogen (secondary N) is 1. The van der Waals surface area contributed by atoms with E-state index in [0.29, 0.717) is 22.9 Å². The SMILES string of the molecule is N#Cc1ccc(OP(=O)(O)CNS(=O)(=O)c2nnc(-c3ccc(OCCC[n+]4ccccc4)cc3)s2)cc1F. The Morgan fingerprint density at radius 3 is 2.51 bits per heavy atom. The van der Waals surface area contributed by atoms with Crippen molar-refractivity contribution in [3.63, 3.8) is 0 Å². The van der Waals surface area contributed by atoms with E-state index < -0.39 is 34.1 Å². The lowest BCUT2D eigenvalue weighted by Crippen LogP contribution is -2.33. The second kappa shape index (κ2) is 12.4. The Labute approximate surface area is 227 Å². The number of nitrogens with zero attached hydrogens (tertiary/aromatic N) is 4. The molecule has 0 saturated carbocycles. The van der Waals surface area contributed by atoms with Crippen LogP contribution in [0.2, 0.25) is 0 Å². The second-order valence-corrected chi connectivity index (χ2v) is 12.7. The first-order valence-corrected chi connectivity index (χ1v) is 15.4. The van der Waals surface area contributed by atoms with Crippen LogP contribution < -0.4 is 18.5 Å². The van der Waals surface area contributed by atoms with Crippen LogP contribution in [-0.2, 0) is 21.1 Å². The number of rotatable bonds is 12. The Kier molecular flexibility index (Phi) is 9.01. The van der Waals surface area contributed by atoms with Crippen molar-refractivity contribution in [3.05, 3.63) is 84.4 Å². The molecule has 11 nitrogen and oxygen atoms in total. The number of aromatic nitrogens is 3. The number of halogens is 1. The molecular weight excluding hydrogens is 568 g/mol. The predicted octanol–water partition coefficient (Wildman–Crippen LogP) is 3.47. The van der Waals surface area contributed by atoms with Gasteiger partial charge in [0, 0.05) is 30.2 Å². The van der Waals surface area contributed by atoms with Crippen LogP contribution in [0.1, 0.15) is 12.0 Å². The number of pyridine rings is 1. The molecule has 0 spiro atoms. The zero-order valence-corrected chi connectivity index (χ0v) is 22.7. The van der Waals surface area contributed by atoms with E-state index >= 15 is 0 Å². The molecule has 2 N–H and O–H groups in total. The minimum atomic E-state index is -4.56. The van der Waals surface area contributed by atoms with Crippen LogP contribution in [0, 0.1) is 17.1 Å². The fourth-order valence-corrected chi connectivity index (χ4v) is 6.76. The normalized spacial score (nSPS) is 12.8. The van der Waals surface area contributed by atoms with Crippen molar-refractivity contribution in [2.24, 2.45) is 0 Å². The first kappa shape index (κ1) is 28.3. The molecule has 4 rings (SSSR count). The Balaban J connectivity index is 1.31. The summed E-state index contributed by atoms with van der Waals surface area (Å²) in [4.78, 5) is 10.0. The lowest BCUT2D eigenvalue weighted by Gasteiger charge is -2.13. The predicted molar refractivity (Wildman–Crippen MR) is 139 cm³/mol. The highest BCUT2D eigenvalue weighted by molar-refractivity contribution is 7.91. The zero-order chi connectivity index (χ0) is 27.9. The molecule has 15 heteroatoms. The summed E-state index contributed by atoms with van der Waals surface area (Å²) in [6, 6.07) is 17.4. The molecule has 0 radical (unpaired) electrons. The summed E-state index contributed by atoms with van der Waals surface area (Å²) >= 11 is 0.770. The van der Waals surface area contributed by atoms with Crippen molar-refractivity contribution in [1.29, 1.82) is 5.26 Å². The van der Waals surface area contributed by atoms with Gasteiger partial charge in [-0.15, -0.1) is 10.2 Å². The molecule has 202 valence electrons. The van der Waals surface area contributed by atoms with Gasteiger partial charge in [0.15, 0.2) is 18.9 Å². The van der Waals surface area contributed by atoms with Gasteiger partial charge >= 0.3 is 7.60 Å². The summed E-state index contributed by atoms with van der Waals surface area (Å²) in [5.74, 6) is -0.632. The van der Waals surface area contributed by atoms with Crippen molar-refractivity contribution in [2.45, 2.75) is 17.3 Å². The van der Waals surface area contributed by atoms with Crippen LogP contribution >= 0.6 is 18.9 Å². The average Bonchev–Trinajstić information content (AvgIpc) is 3.43. The summed E-state index contributed by atoms with van der Waals surface area (Å²) in [7, 11) is -8.86. The molecule has 0 aliphatic rings. The van der Waals surface area contributed by atoms with Gasteiger partial charge in [0.25, 0.3) is 10.0 Å². The number of hydrogen-bond acceptors (Lipinski definition) is 9. The molecule has 1 atom stereocenters. The molecule has 39 heavy (non-hydrogen) atoms. The fraction of sp³-hybridized carbons (Fsp3) is 0.167. The minimum Gasteiger partial charge on any atom is -0.493 e. The van der Waals surface area contributed by atoms with E-state index in [9.17, 15) is 22.3 Å². The van der Waals surface area contributed by atoms with Crippen molar-refractivity contribution < 1.29 is 36.1 Å². The van der Waals surface area contributed by atoms with Gasteiger partial charge in [-0.05, 0) is 36.4 Å². The fourth-order valence-electron chi connectivity index (χ4n) is 3.22. The molecule has 4 aromatic rings. The highest BCUT2D eigenvalue weighted by Crippen LogP contribution is 2.42. The molecule has 0 fully saturated rings. The first-order chi connectivity index (χ1) is 18.6. The third kappa shape index (κ3) is 7.89. The monoisotopic (exact) mass is 590 g/mol. The van der Waals surface area contributed by atoms with E-state index in [4.69, 9.17) is 14.5 Å². The molecule has 0 saturated heterocycles. The van der Waals surface area contributed by atoms with E-state index in [1.54, 1.807) is 30.3 Å². The molecule has 2 aromatic heterocycles. The van der Waals surface area contributed by atoms with Gasteiger partial charge in [0.05, 0.1) is 12.2 Å². The lowest BCUT2D eigenvalue weighted by atomic mass is 10.2. The summed E-state index contributed by atoms with van der Waals surface area (Å²) in [5.41, 5.74) is 0.336. The number of hydrogen-bond donors (Lipinski definition) is 2.